The zero-order chi connectivity index (χ0) is 16.8. The number of ether oxygens (including phenoxy) is 2. The monoisotopic (exact) mass is 332 g/mol. The van der Waals surface area contributed by atoms with Gasteiger partial charge in [0.25, 0.3) is 0 Å². The van der Waals surface area contributed by atoms with Crippen LogP contribution in [0.2, 0.25) is 0 Å². The van der Waals surface area contributed by atoms with Gasteiger partial charge in [-0.05, 0) is 68.9 Å². The van der Waals surface area contributed by atoms with Crippen LogP contribution in [0.15, 0.2) is 24.3 Å². The third-order valence-electron chi connectivity index (χ3n) is 5.17. The molecule has 0 bridgehead atoms. The Morgan fingerprint density at radius 2 is 1.96 bits per heavy atom. The lowest BCUT2D eigenvalue weighted by atomic mass is 9.78. The SMILES string of the molecule is CCOC(=O)COc1ccc(CN2CCC3(CCNCC3)C2)cc1. The molecule has 2 aliphatic heterocycles. The molecule has 1 N–H and O–H groups in total. The van der Waals surface area contributed by atoms with Crippen LogP contribution in [0.1, 0.15) is 31.7 Å². The quantitative estimate of drug-likeness (QED) is 0.810. The second-order valence-corrected chi connectivity index (χ2v) is 6.95. The Morgan fingerprint density at radius 1 is 1.21 bits per heavy atom. The van der Waals surface area contributed by atoms with Crippen molar-refractivity contribution in [2.45, 2.75) is 32.7 Å². The molecule has 5 nitrogen and oxygen atoms in total. The van der Waals surface area contributed by atoms with Gasteiger partial charge < -0.3 is 14.8 Å². The van der Waals surface area contributed by atoms with Gasteiger partial charge in [0.2, 0.25) is 0 Å². The molecule has 5 heteroatoms. The van der Waals surface area contributed by atoms with Crippen molar-refractivity contribution >= 4 is 5.97 Å². The van der Waals surface area contributed by atoms with Crippen LogP contribution in [0.25, 0.3) is 0 Å². The fourth-order valence-electron chi connectivity index (χ4n) is 3.82. The van der Waals surface area contributed by atoms with E-state index in [1.807, 2.05) is 12.1 Å². The summed E-state index contributed by atoms with van der Waals surface area (Å²) in [5, 5.41) is 3.47. The minimum absolute atomic E-state index is 0.0319. The van der Waals surface area contributed by atoms with E-state index in [4.69, 9.17) is 9.47 Å². The van der Waals surface area contributed by atoms with Crippen molar-refractivity contribution < 1.29 is 14.3 Å². The Hall–Kier alpha value is -1.59. The number of carbonyl (C=O) groups is 1. The van der Waals surface area contributed by atoms with Gasteiger partial charge in [-0.2, -0.15) is 0 Å². The summed E-state index contributed by atoms with van der Waals surface area (Å²) in [6.07, 6.45) is 3.95. The third kappa shape index (κ3) is 4.48. The summed E-state index contributed by atoms with van der Waals surface area (Å²) >= 11 is 0. The number of carbonyl (C=O) groups excluding carboxylic acids is 1. The summed E-state index contributed by atoms with van der Waals surface area (Å²) in [4.78, 5) is 13.9. The lowest BCUT2D eigenvalue weighted by molar-refractivity contribution is -0.145. The van der Waals surface area contributed by atoms with Crippen molar-refractivity contribution in [1.82, 2.24) is 10.2 Å². The van der Waals surface area contributed by atoms with Crippen molar-refractivity contribution in [1.29, 1.82) is 0 Å². The maximum atomic E-state index is 11.3. The van der Waals surface area contributed by atoms with Crippen LogP contribution in [-0.2, 0) is 16.1 Å². The van der Waals surface area contributed by atoms with Gasteiger partial charge in [-0.3, -0.25) is 4.90 Å². The van der Waals surface area contributed by atoms with Gasteiger partial charge in [0.05, 0.1) is 6.61 Å². The van der Waals surface area contributed by atoms with Crippen LogP contribution in [0.4, 0.5) is 0 Å². The smallest absolute Gasteiger partial charge is 0.344 e. The molecule has 24 heavy (non-hydrogen) atoms. The maximum absolute atomic E-state index is 11.3. The van der Waals surface area contributed by atoms with E-state index in [1.54, 1.807) is 6.92 Å². The largest absolute Gasteiger partial charge is 0.482 e. The molecule has 0 unspecified atom stereocenters. The topological polar surface area (TPSA) is 50.8 Å². The number of hydrogen-bond acceptors (Lipinski definition) is 5. The van der Waals surface area contributed by atoms with E-state index < -0.39 is 0 Å². The normalized spacial score (nSPS) is 20.2. The lowest BCUT2D eigenvalue weighted by Crippen LogP contribution is -2.38. The average Bonchev–Trinajstić information content (AvgIpc) is 2.97. The molecule has 0 saturated carbocycles. The summed E-state index contributed by atoms with van der Waals surface area (Å²) < 4.78 is 10.3. The summed E-state index contributed by atoms with van der Waals surface area (Å²) in [5.74, 6) is 0.383. The molecule has 2 saturated heterocycles. The first kappa shape index (κ1) is 17.2. The fraction of sp³-hybridized carbons (Fsp3) is 0.632. The number of benzene rings is 1. The molecule has 0 aliphatic carbocycles. The minimum atomic E-state index is -0.328. The van der Waals surface area contributed by atoms with Crippen LogP contribution in [0.3, 0.4) is 0 Å². The van der Waals surface area contributed by atoms with Crippen molar-refractivity contribution in [3.63, 3.8) is 0 Å². The summed E-state index contributed by atoms with van der Waals surface area (Å²) in [5.41, 5.74) is 1.85. The summed E-state index contributed by atoms with van der Waals surface area (Å²) in [7, 11) is 0. The lowest BCUT2D eigenvalue weighted by Gasteiger charge is -2.33. The molecule has 1 spiro atoms. The van der Waals surface area contributed by atoms with Gasteiger partial charge in [0.15, 0.2) is 6.61 Å². The van der Waals surface area contributed by atoms with E-state index in [-0.39, 0.29) is 12.6 Å². The first-order valence-electron chi connectivity index (χ1n) is 9.00. The third-order valence-corrected chi connectivity index (χ3v) is 5.17. The van der Waals surface area contributed by atoms with Crippen molar-refractivity contribution in [3.8, 4) is 5.75 Å². The van der Waals surface area contributed by atoms with Crippen LogP contribution >= 0.6 is 0 Å². The number of esters is 1. The predicted octanol–water partition coefficient (Wildman–Crippen LogP) is 2.20. The molecule has 2 aliphatic rings. The van der Waals surface area contributed by atoms with E-state index in [1.165, 1.54) is 51.0 Å². The Kier molecular flexibility index (Phi) is 5.74. The van der Waals surface area contributed by atoms with Gasteiger partial charge in [-0.1, -0.05) is 12.1 Å². The molecule has 2 fully saturated rings. The first-order chi connectivity index (χ1) is 11.7. The fourth-order valence-corrected chi connectivity index (χ4v) is 3.82. The summed E-state index contributed by atoms with van der Waals surface area (Å²) in [6, 6.07) is 8.05. The van der Waals surface area contributed by atoms with Gasteiger partial charge in [0.1, 0.15) is 5.75 Å². The highest BCUT2D eigenvalue weighted by Crippen LogP contribution is 2.39. The van der Waals surface area contributed by atoms with Gasteiger partial charge in [0, 0.05) is 13.1 Å². The maximum Gasteiger partial charge on any atom is 0.344 e. The summed E-state index contributed by atoms with van der Waals surface area (Å²) in [6.45, 7) is 7.88. The van der Waals surface area contributed by atoms with Gasteiger partial charge >= 0.3 is 5.97 Å². The molecule has 1 aromatic rings. The number of nitrogens with zero attached hydrogens (tertiary/aromatic N) is 1. The van der Waals surface area contributed by atoms with Gasteiger partial charge in [-0.25, -0.2) is 4.79 Å². The second-order valence-electron chi connectivity index (χ2n) is 6.95. The van der Waals surface area contributed by atoms with Crippen molar-refractivity contribution in [2.75, 3.05) is 39.4 Å². The van der Waals surface area contributed by atoms with Gasteiger partial charge in [-0.15, -0.1) is 0 Å². The van der Waals surface area contributed by atoms with Crippen molar-refractivity contribution in [2.24, 2.45) is 5.41 Å². The van der Waals surface area contributed by atoms with E-state index in [9.17, 15) is 4.79 Å². The highest BCUT2D eigenvalue weighted by Gasteiger charge is 2.38. The highest BCUT2D eigenvalue weighted by molar-refractivity contribution is 5.71. The van der Waals surface area contributed by atoms with Crippen molar-refractivity contribution in [3.05, 3.63) is 29.8 Å². The molecule has 1 aromatic carbocycles. The van der Waals surface area contributed by atoms with Crippen LogP contribution < -0.4 is 10.1 Å². The molecular formula is C19H28N2O3. The molecule has 132 valence electrons. The number of piperidine rings is 1. The Morgan fingerprint density at radius 3 is 2.67 bits per heavy atom. The van der Waals surface area contributed by atoms with Crippen LogP contribution in [-0.4, -0.2) is 50.3 Å². The Bertz CT molecular complexity index is 538. The molecule has 0 atom stereocenters. The van der Waals surface area contributed by atoms with E-state index in [2.05, 4.69) is 22.3 Å². The molecular weight excluding hydrogens is 304 g/mol. The Balaban J connectivity index is 1.47. The Labute approximate surface area is 144 Å². The molecule has 0 amide bonds. The second kappa shape index (κ2) is 7.99. The van der Waals surface area contributed by atoms with Crippen LogP contribution in [0, 0.1) is 5.41 Å². The zero-order valence-electron chi connectivity index (χ0n) is 14.6. The molecule has 0 aromatic heterocycles. The highest BCUT2D eigenvalue weighted by atomic mass is 16.6. The number of rotatable bonds is 6. The predicted molar refractivity (Wildman–Crippen MR) is 93.0 cm³/mol. The minimum Gasteiger partial charge on any atom is -0.482 e. The molecule has 0 radical (unpaired) electrons. The van der Waals surface area contributed by atoms with E-state index >= 15 is 0 Å². The molecule has 3 rings (SSSR count). The average molecular weight is 332 g/mol. The number of nitrogens with one attached hydrogen (secondary N) is 1. The number of hydrogen-bond donors (Lipinski definition) is 1. The molecule has 2 heterocycles. The van der Waals surface area contributed by atoms with E-state index in [0.29, 0.717) is 17.8 Å². The zero-order valence-corrected chi connectivity index (χ0v) is 14.6. The standard InChI is InChI=1S/C19H28N2O3/c1-2-23-18(22)14-24-17-5-3-16(4-6-17)13-21-12-9-19(15-21)7-10-20-11-8-19/h3-6,20H,2,7-15H2,1H3. The van der Waals surface area contributed by atoms with E-state index in [0.717, 1.165) is 6.54 Å². The first-order valence-corrected chi connectivity index (χ1v) is 9.00. The van der Waals surface area contributed by atoms with Crippen LogP contribution in [0.5, 0.6) is 5.75 Å². The number of likely N-dealkylation sites (tertiary alicyclic amines) is 1.